The third-order valence-corrected chi connectivity index (χ3v) is 11.3. The van der Waals surface area contributed by atoms with Crippen LogP contribution >= 0.6 is 0 Å². The fourth-order valence-corrected chi connectivity index (χ4v) is 7.35. The number of phenols is 5. The van der Waals surface area contributed by atoms with Crippen molar-refractivity contribution in [1.82, 2.24) is 0 Å². The van der Waals surface area contributed by atoms with Crippen LogP contribution in [0.15, 0.2) is 121 Å². The molecule has 0 aliphatic carbocycles. The molecular weight excluding hydrogens is 1090 g/mol. The van der Waals surface area contributed by atoms with Crippen LogP contribution in [0.4, 0.5) is 35.1 Å². The van der Waals surface area contributed by atoms with E-state index in [4.69, 9.17) is 33.2 Å². The van der Waals surface area contributed by atoms with Gasteiger partial charge >= 0.3 is 0 Å². The minimum Gasteiger partial charge on any atom is -0.508 e. The molecule has 0 bridgehead atoms. The Balaban J connectivity index is 1.16. The zero-order valence-corrected chi connectivity index (χ0v) is 41.1. The van der Waals surface area contributed by atoms with E-state index < -0.39 is 188 Å². The van der Waals surface area contributed by atoms with Gasteiger partial charge < -0.3 is 58.7 Å². The summed E-state index contributed by atoms with van der Waals surface area (Å²) in [6.45, 7) is -2.65. The van der Waals surface area contributed by atoms with Gasteiger partial charge in [0.25, 0.3) is 0 Å². The lowest BCUT2D eigenvalue weighted by molar-refractivity contribution is 0.0905. The average Bonchev–Trinajstić information content (AvgIpc) is 3.58. The Bertz CT molecular complexity index is 3780. The highest BCUT2D eigenvalue weighted by Crippen LogP contribution is 2.46. The number of carbonyl (C=O) groups excluding carboxylic acids is 4. The van der Waals surface area contributed by atoms with Gasteiger partial charge in [-0.05, 0) is 73.2 Å². The van der Waals surface area contributed by atoms with Crippen LogP contribution in [0.3, 0.4) is 0 Å². The molecule has 0 fully saturated rings. The zero-order chi connectivity index (χ0) is 58.4. The van der Waals surface area contributed by atoms with Gasteiger partial charge in [-0.15, -0.1) is 0 Å². The molecule has 0 aromatic heterocycles. The lowest BCUT2D eigenvalue weighted by atomic mass is 10.1. The van der Waals surface area contributed by atoms with E-state index in [-0.39, 0.29) is 22.6 Å². The van der Waals surface area contributed by atoms with Crippen molar-refractivity contribution < 1.29 is 113 Å². The summed E-state index contributed by atoms with van der Waals surface area (Å²) < 4.78 is 151. The number of hydrogen-bond donors (Lipinski definition) is 5. The molecule has 0 heterocycles. The predicted octanol–water partition coefficient (Wildman–Crippen LogP) is 12.1. The Hall–Kier alpha value is -10.5. The molecule has 0 unspecified atom stereocenters. The molecule has 0 spiro atoms. The van der Waals surface area contributed by atoms with Crippen molar-refractivity contribution in [2.75, 3.05) is 26.4 Å². The van der Waals surface area contributed by atoms with Gasteiger partial charge in [-0.25, -0.2) is 35.1 Å². The molecule has 5 N–H and O–H groups in total. The minimum atomic E-state index is -1.36. The fraction of sp³-hybridized carbons (Fsp3) is 0.0877. The molecule has 8 rings (SSSR count). The van der Waals surface area contributed by atoms with Crippen molar-refractivity contribution in [3.05, 3.63) is 196 Å². The lowest BCUT2D eigenvalue weighted by Gasteiger charge is -2.19. The van der Waals surface area contributed by atoms with Crippen LogP contribution in [0.5, 0.6) is 86.2 Å². The van der Waals surface area contributed by atoms with Crippen molar-refractivity contribution >= 4 is 23.1 Å². The van der Waals surface area contributed by atoms with E-state index in [1.807, 2.05) is 0 Å². The quantitative estimate of drug-likeness (QED) is 0.0313. The summed E-state index contributed by atoms with van der Waals surface area (Å²) >= 11 is 0. The number of Topliss-reactive ketones (excluding diaryl/α,β-unsaturated/α-hetero) is 4. The Morgan fingerprint density at radius 1 is 0.346 bits per heavy atom. The molecule has 0 atom stereocenters. The molecule has 8 aromatic rings. The van der Waals surface area contributed by atoms with Crippen molar-refractivity contribution in [2.45, 2.75) is 6.92 Å². The number of para-hydroxylation sites is 1. The molecule has 416 valence electrons. The maximum atomic E-state index is 14.6. The van der Waals surface area contributed by atoms with Crippen LogP contribution < -0.4 is 33.2 Å². The largest absolute Gasteiger partial charge is 0.508 e. The second-order valence-corrected chi connectivity index (χ2v) is 17.1. The number of benzene rings is 8. The predicted molar refractivity (Wildman–Crippen MR) is 264 cm³/mol. The lowest BCUT2D eigenvalue weighted by Crippen LogP contribution is -2.15. The van der Waals surface area contributed by atoms with E-state index >= 15 is 0 Å². The van der Waals surface area contributed by atoms with Crippen molar-refractivity contribution in [3.8, 4) is 86.2 Å². The normalized spacial score (nSPS) is 10.9. The Morgan fingerprint density at radius 3 is 1.36 bits per heavy atom. The third kappa shape index (κ3) is 13.4. The molecule has 0 radical (unpaired) electrons. The third-order valence-electron chi connectivity index (χ3n) is 11.3. The number of ether oxygens (including phenoxy) is 7. The molecule has 0 aliphatic rings. The fourth-order valence-electron chi connectivity index (χ4n) is 7.35. The first-order chi connectivity index (χ1) is 38.5. The molecular formula is C57H36F8O16. The Kier molecular flexibility index (Phi) is 16.8. The number of rotatable bonds is 22. The summed E-state index contributed by atoms with van der Waals surface area (Å²) in [5, 5.41) is 55.0. The van der Waals surface area contributed by atoms with Gasteiger partial charge in [-0.2, -0.15) is 0 Å². The standard InChI is InChI=1S/C57H36F8O16/c1-26-9-33(47(72)23-76-31-11-28(59)10-29(60)12-31)51(19-41(26)66)79-55-16-34(48(73)22-75-30-6-7-36(61)39(64)14-30)52(20-44(55)69)81-56-17-35(49(74)25-78-57-37(62)3-2-4-38(57)63)53(21-45(56)70)80-54-15-32(42(67)18-43(54)68)46(71)24-77-50-8-5-27(58)13-40(50)65/h2-21,66-70H,22-25H2,1H3. The smallest absolute Gasteiger partial charge is 0.204 e. The summed E-state index contributed by atoms with van der Waals surface area (Å²) in [6.07, 6.45) is 0. The second-order valence-electron chi connectivity index (χ2n) is 17.1. The van der Waals surface area contributed by atoms with Gasteiger partial charge in [0, 0.05) is 54.6 Å². The number of carbonyl (C=O) groups is 4. The first kappa shape index (κ1) is 56.7. The maximum absolute atomic E-state index is 14.6. The van der Waals surface area contributed by atoms with Crippen LogP contribution in [0, 0.1) is 53.5 Å². The van der Waals surface area contributed by atoms with Gasteiger partial charge in [-0.3, -0.25) is 19.2 Å². The molecule has 81 heavy (non-hydrogen) atoms. The molecule has 0 saturated heterocycles. The number of aromatic hydroxyl groups is 5. The van der Waals surface area contributed by atoms with Gasteiger partial charge in [0.05, 0.1) is 22.3 Å². The van der Waals surface area contributed by atoms with Crippen LogP contribution in [0.1, 0.15) is 47.0 Å². The van der Waals surface area contributed by atoms with E-state index in [1.165, 1.54) is 6.92 Å². The highest BCUT2D eigenvalue weighted by atomic mass is 19.2. The molecule has 8 aromatic carbocycles. The summed E-state index contributed by atoms with van der Waals surface area (Å²) in [5.74, 6) is -24.0. The second kappa shape index (κ2) is 24.0. The highest BCUT2D eigenvalue weighted by molar-refractivity contribution is 6.03. The molecule has 16 nitrogen and oxygen atoms in total. The Labute approximate surface area is 450 Å². The topological polar surface area (TPSA) is 234 Å². The first-order valence-electron chi connectivity index (χ1n) is 23.1. The van der Waals surface area contributed by atoms with Crippen molar-refractivity contribution in [3.63, 3.8) is 0 Å². The SMILES string of the molecule is Cc1cc(C(=O)COc2cc(F)cc(F)c2)c(Oc2cc(C(=O)COc3ccc(F)c(F)c3)c(Oc3cc(C(=O)COc4c(F)cccc4F)c(Oc4cc(C(=O)COc5ccc(F)cc5F)c(O)cc4O)cc3O)cc2O)cc1O. The monoisotopic (exact) mass is 1130 g/mol. The van der Waals surface area contributed by atoms with E-state index in [2.05, 4.69) is 0 Å². The number of hydrogen-bond acceptors (Lipinski definition) is 16. The highest BCUT2D eigenvalue weighted by Gasteiger charge is 2.27. The van der Waals surface area contributed by atoms with Crippen LogP contribution in [0.2, 0.25) is 0 Å². The van der Waals surface area contributed by atoms with E-state index in [0.29, 0.717) is 42.5 Å². The average molecular weight is 1130 g/mol. The number of phenolic OH excluding ortho intramolecular Hbond substituents is 5. The summed E-state index contributed by atoms with van der Waals surface area (Å²) in [4.78, 5) is 54.9. The molecule has 0 aliphatic heterocycles. The van der Waals surface area contributed by atoms with Gasteiger partial charge in [0.2, 0.25) is 23.1 Å². The van der Waals surface area contributed by atoms with Crippen LogP contribution in [-0.2, 0) is 0 Å². The van der Waals surface area contributed by atoms with E-state index in [9.17, 15) is 79.8 Å². The minimum absolute atomic E-state index is 0.115. The molecule has 24 heteroatoms. The van der Waals surface area contributed by atoms with Crippen LogP contribution in [-0.4, -0.2) is 75.1 Å². The summed E-state index contributed by atoms with van der Waals surface area (Å²) in [7, 11) is 0. The van der Waals surface area contributed by atoms with Crippen molar-refractivity contribution in [1.29, 1.82) is 0 Å². The van der Waals surface area contributed by atoms with Gasteiger partial charge in [-0.1, -0.05) is 6.07 Å². The van der Waals surface area contributed by atoms with Crippen LogP contribution in [0.25, 0.3) is 0 Å². The number of halogens is 8. The van der Waals surface area contributed by atoms with E-state index in [0.717, 1.165) is 78.9 Å². The summed E-state index contributed by atoms with van der Waals surface area (Å²) in [6, 6.07) is 15.6. The molecule has 0 saturated carbocycles. The maximum Gasteiger partial charge on any atom is 0.204 e. The zero-order valence-electron chi connectivity index (χ0n) is 41.1. The van der Waals surface area contributed by atoms with Gasteiger partial charge in [0.15, 0.2) is 102 Å². The van der Waals surface area contributed by atoms with Gasteiger partial charge in [0.1, 0.15) is 57.7 Å². The number of aryl methyl sites for hydroxylation is 1. The summed E-state index contributed by atoms with van der Waals surface area (Å²) in [5.41, 5.74) is -2.19. The molecule has 0 amide bonds. The van der Waals surface area contributed by atoms with Crippen molar-refractivity contribution in [2.24, 2.45) is 0 Å². The number of ketones is 4. The van der Waals surface area contributed by atoms with E-state index in [1.54, 1.807) is 0 Å². The first-order valence-corrected chi connectivity index (χ1v) is 23.1. The Morgan fingerprint density at radius 2 is 0.815 bits per heavy atom.